The summed E-state index contributed by atoms with van der Waals surface area (Å²) in [7, 11) is 0. The average Bonchev–Trinajstić information content (AvgIpc) is 3.05. The predicted octanol–water partition coefficient (Wildman–Crippen LogP) is 4.30. The molecule has 0 fully saturated rings. The van der Waals surface area contributed by atoms with Gasteiger partial charge < -0.3 is 9.30 Å². The molecule has 2 aromatic carbocycles. The highest BCUT2D eigenvalue weighted by Gasteiger charge is 2.12. The molecule has 0 radical (unpaired) electrons. The van der Waals surface area contributed by atoms with Crippen molar-refractivity contribution in [3.8, 4) is 0 Å². The zero-order valence-corrected chi connectivity index (χ0v) is 17.5. The molecule has 0 spiro atoms. The van der Waals surface area contributed by atoms with Crippen LogP contribution in [-0.2, 0) is 28.9 Å². The normalized spacial score (nSPS) is 11.6. The summed E-state index contributed by atoms with van der Waals surface area (Å²) in [5.74, 6) is -0.563. The number of ether oxygens (including phenoxy) is 1. The first-order valence-corrected chi connectivity index (χ1v) is 10.4. The van der Waals surface area contributed by atoms with E-state index in [1.807, 2.05) is 34.9 Å². The number of nitrogens with zero attached hydrogens (tertiary/aromatic N) is 2. The van der Waals surface area contributed by atoms with E-state index in [9.17, 15) is 9.59 Å². The van der Waals surface area contributed by atoms with Crippen molar-refractivity contribution < 1.29 is 14.3 Å². The van der Waals surface area contributed by atoms with Crippen LogP contribution < -0.4 is 4.80 Å². The Morgan fingerprint density at radius 3 is 2.52 bits per heavy atom. The molecule has 0 saturated carbocycles. The minimum Gasteiger partial charge on any atom is -0.462 e. The van der Waals surface area contributed by atoms with Gasteiger partial charge in [0, 0.05) is 6.54 Å². The number of amides is 1. The van der Waals surface area contributed by atoms with Crippen LogP contribution in [0.5, 0.6) is 0 Å². The lowest BCUT2D eigenvalue weighted by Gasteiger charge is -2.03. The molecule has 5 nitrogen and oxygen atoms in total. The lowest BCUT2D eigenvalue weighted by atomic mass is 10.1. The fourth-order valence-electron chi connectivity index (χ4n) is 3.02. The van der Waals surface area contributed by atoms with Gasteiger partial charge in [-0.2, -0.15) is 4.99 Å². The molecule has 3 aromatic rings. The number of fused-ring (bicyclic) bond motifs is 1. The number of allylic oxidation sites excluding steroid dienone is 1. The number of thiazole rings is 1. The molecule has 1 amide bonds. The van der Waals surface area contributed by atoms with Crippen molar-refractivity contribution >= 4 is 33.4 Å². The Morgan fingerprint density at radius 1 is 1.14 bits per heavy atom. The molecule has 0 atom stereocenters. The van der Waals surface area contributed by atoms with Crippen LogP contribution in [0.25, 0.3) is 10.2 Å². The second-order valence-corrected chi connectivity index (χ2v) is 7.55. The Hall–Kier alpha value is -2.99. The van der Waals surface area contributed by atoms with Gasteiger partial charge >= 0.3 is 5.97 Å². The quantitative estimate of drug-likeness (QED) is 0.433. The molecule has 1 aromatic heterocycles. The molecule has 0 bridgehead atoms. The summed E-state index contributed by atoms with van der Waals surface area (Å²) in [4.78, 5) is 29.5. The fraction of sp³-hybridized carbons (Fsp3) is 0.261. The largest absolute Gasteiger partial charge is 0.462 e. The maximum absolute atomic E-state index is 12.6. The molecule has 3 rings (SSSR count). The van der Waals surface area contributed by atoms with Crippen LogP contribution in [0.4, 0.5) is 0 Å². The number of aryl methyl sites for hydroxylation is 1. The van der Waals surface area contributed by atoms with E-state index in [0.29, 0.717) is 23.5 Å². The Morgan fingerprint density at radius 2 is 1.86 bits per heavy atom. The molecule has 0 saturated heterocycles. The van der Waals surface area contributed by atoms with Gasteiger partial charge in [0.25, 0.3) is 5.91 Å². The number of carbonyl (C=O) groups is 2. The molecule has 0 aliphatic rings. The van der Waals surface area contributed by atoms with Gasteiger partial charge in [-0.1, -0.05) is 48.6 Å². The van der Waals surface area contributed by atoms with Gasteiger partial charge in [-0.15, -0.1) is 6.58 Å². The van der Waals surface area contributed by atoms with Crippen molar-refractivity contribution in [3.05, 3.63) is 76.6 Å². The fourth-order valence-corrected chi connectivity index (χ4v) is 4.12. The average molecular weight is 409 g/mol. The Balaban J connectivity index is 1.95. The van der Waals surface area contributed by atoms with Gasteiger partial charge in [0.05, 0.1) is 28.8 Å². The van der Waals surface area contributed by atoms with Crippen LogP contribution in [0.2, 0.25) is 0 Å². The molecule has 29 heavy (non-hydrogen) atoms. The van der Waals surface area contributed by atoms with Crippen molar-refractivity contribution in [2.75, 3.05) is 6.61 Å². The smallest absolute Gasteiger partial charge is 0.338 e. The van der Waals surface area contributed by atoms with Crippen molar-refractivity contribution in [1.29, 1.82) is 0 Å². The molecule has 150 valence electrons. The van der Waals surface area contributed by atoms with E-state index in [2.05, 4.69) is 18.5 Å². The number of benzene rings is 2. The van der Waals surface area contributed by atoms with E-state index in [0.717, 1.165) is 22.2 Å². The first-order valence-electron chi connectivity index (χ1n) is 9.62. The van der Waals surface area contributed by atoms with E-state index >= 15 is 0 Å². The summed E-state index contributed by atoms with van der Waals surface area (Å²) in [5.41, 5.74) is 3.57. The molecular weight excluding hydrogens is 384 g/mol. The Kier molecular flexibility index (Phi) is 6.77. The number of esters is 1. The van der Waals surface area contributed by atoms with Gasteiger partial charge in [-0.25, -0.2) is 4.79 Å². The maximum atomic E-state index is 12.6. The number of rotatable bonds is 7. The Bertz CT molecular complexity index is 1110. The summed E-state index contributed by atoms with van der Waals surface area (Å²) >= 11 is 1.38. The van der Waals surface area contributed by atoms with Crippen LogP contribution in [-0.4, -0.2) is 23.1 Å². The van der Waals surface area contributed by atoms with Gasteiger partial charge in [-0.3, -0.25) is 4.79 Å². The third-order valence-electron chi connectivity index (χ3n) is 4.51. The topological polar surface area (TPSA) is 60.7 Å². The van der Waals surface area contributed by atoms with Crippen LogP contribution in [0, 0.1) is 0 Å². The standard InChI is InChI=1S/C23H24N2O3S/c1-4-13-25-19-12-11-18(22(27)28-6-3)15-20(19)29-23(25)24-21(26)14-17-9-7-16(5-2)8-10-17/h4,7-12,15H,1,5-6,13-14H2,2-3H3. The van der Waals surface area contributed by atoms with Gasteiger partial charge in [-0.05, 0) is 42.7 Å². The van der Waals surface area contributed by atoms with Crippen molar-refractivity contribution in [3.63, 3.8) is 0 Å². The van der Waals surface area contributed by atoms with Crippen molar-refractivity contribution in [1.82, 2.24) is 4.57 Å². The number of carbonyl (C=O) groups excluding carboxylic acids is 2. The second-order valence-electron chi connectivity index (χ2n) is 6.54. The zero-order valence-electron chi connectivity index (χ0n) is 16.7. The highest BCUT2D eigenvalue weighted by Crippen LogP contribution is 2.20. The first-order chi connectivity index (χ1) is 14.0. The number of aromatic nitrogens is 1. The summed E-state index contributed by atoms with van der Waals surface area (Å²) in [6, 6.07) is 13.4. The monoisotopic (exact) mass is 408 g/mol. The van der Waals surface area contributed by atoms with Gasteiger partial charge in [0.15, 0.2) is 4.80 Å². The minimum absolute atomic E-state index is 0.204. The molecule has 6 heteroatoms. The summed E-state index contributed by atoms with van der Waals surface area (Å²) in [6.07, 6.45) is 2.98. The predicted molar refractivity (Wildman–Crippen MR) is 116 cm³/mol. The van der Waals surface area contributed by atoms with Crippen LogP contribution in [0.1, 0.15) is 35.3 Å². The Labute approximate surface area is 174 Å². The van der Waals surface area contributed by atoms with E-state index in [1.54, 1.807) is 25.1 Å². The van der Waals surface area contributed by atoms with Gasteiger partial charge in [0.2, 0.25) is 0 Å². The van der Waals surface area contributed by atoms with Crippen LogP contribution in [0.3, 0.4) is 0 Å². The summed E-state index contributed by atoms with van der Waals surface area (Å²) in [6.45, 7) is 8.52. The lowest BCUT2D eigenvalue weighted by molar-refractivity contribution is -0.117. The first kappa shape index (κ1) is 20.7. The molecule has 0 N–H and O–H groups in total. The van der Waals surface area contributed by atoms with Crippen molar-refractivity contribution in [2.45, 2.75) is 33.2 Å². The molecular formula is C23H24N2O3S. The van der Waals surface area contributed by atoms with Crippen LogP contribution in [0.15, 0.2) is 60.1 Å². The molecule has 0 unspecified atom stereocenters. The molecule has 1 heterocycles. The van der Waals surface area contributed by atoms with E-state index in [4.69, 9.17) is 4.74 Å². The molecule has 0 aliphatic carbocycles. The van der Waals surface area contributed by atoms with Crippen molar-refractivity contribution in [2.24, 2.45) is 4.99 Å². The third-order valence-corrected chi connectivity index (χ3v) is 5.55. The number of hydrogen-bond acceptors (Lipinski definition) is 4. The maximum Gasteiger partial charge on any atom is 0.338 e. The third kappa shape index (κ3) is 4.90. The highest BCUT2D eigenvalue weighted by molar-refractivity contribution is 7.16. The van der Waals surface area contributed by atoms with E-state index < -0.39 is 0 Å². The van der Waals surface area contributed by atoms with Gasteiger partial charge in [0.1, 0.15) is 0 Å². The lowest BCUT2D eigenvalue weighted by Crippen LogP contribution is -2.17. The van der Waals surface area contributed by atoms with E-state index in [-0.39, 0.29) is 18.3 Å². The van der Waals surface area contributed by atoms with Crippen LogP contribution >= 0.6 is 11.3 Å². The second kappa shape index (κ2) is 9.47. The number of hydrogen-bond donors (Lipinski definition) is 0. The summed E-state index contributed by atoms with van der Waals surface area (Å²) in [5, 5.41) is 0. The van der Waals surface area contributed by atoms with E-state index in [1.165, 1.54) is 16.9 Å². The summed E-state index contributed by atoms with van der Waals surface area (Å²) < 4.78 is 7.88. The molecule has 0 aliphatic heterocycles. The SMILES string of the molecule is C=CCn1c(=NC(=O)Cc2ccc(CC)cc2)sc2cc(C(=O)OCC)ccc21. The zero-order chi connectivity index (χ0) is 20.8. The minimum atomic E-state index is -0.358. The highest BCUT2D eigenvalue weighted by atomic mass is 32.1.